The summed E-state index contributed by atoms with van der Waals surface area (Å²) in [7, 11) is -3.98. The van der Waals surface area contributed by atoms with E-state index in [4.69, 9.17) is 4.74 Å². The van der Waals surface area contributed by atoms with E-state index in [2.05, 4.69) is 4.72 Å². The summed E-state index contributed by atoms with van der Waals surface area (Å²) in [6.45, 7) is 2.29. The Bertz CT molecular complexity index is 974. The lowest BCUT2D eigenvalue weighted by molar-refractivity contribution is 0.0992. The first-order chi connectivity index (χ1) is 12.7. The molecule has 152 valence electrons. The van der Waals surface area contributed by atoms with Crippen LogP contribution in [-0.2, 0) is 21.2 Å². The molecule has 2 aromatic carbocycles. The third-order valence-electron chi connectivity index (χ3n) is 4.34. The molecule has 1 aliphatic rings. The zero-order valence-corrected chi connectivity index (χ0v) is 17.0. The Balaban J connectivity index is 0.00000280. The quantitative estimate of drug-likeness (QED) is 0.717. The Morgan fingerprint density at radius 1 is 1.21 bits per heavy atom. The fraction of sp³-hybridized carbons (Fsp3) is 0.316. The van der Waals surface area contributed by atoms with Crippen molar-refractivity contribution in [3.63, 3.8) is 0 Å². The monoisotopic (exact) mass is 429 g/mol. The van der Waals surface area contributed by atoms with Crippen LogP contribution in [0.3, 0.4) is 0 Å². The maximum Gasteiger partial charge on any atom is 0.241 e. The van der Waals surface area contributed by atoms with Gasteiger partial charge >= 0.3 is 0 Å². The van der Waals surface area contributed by atoms with E-state index >= 15 is 0 Å². The summed E-state index contributed by atoms with van der Waals surface area (Å²) < 4.78 is 59.8. The Hall–Kier alpha value is -1.81. The molecule has 0 spiro atoms. The number of benzene rings is 2. The van der Waals surface area contributed by atoms with E-state index in [-0.39, 0.29) is 48.8 Å². The molecule has 0 bridgehead atoms. The van der Waals surface area contributed by atoms with Crippen molar-refractivity contribution in [2.24, 2.45) is 0 Å². The van der Waals surface area contributed by atoms with Crippen molar-refractivity contribution in [2.45, 2.75) is 30.7 Å². The zero-order chi connectivity index (χ0) is 19.6. The molecular formula is C19H21F2NO4S2. The van der Waals surface area contributed by atoms with E-state index < -0.39 is 21.6 Å². The lowest BCUT2D eigenvalue weighted by Gasteiger charge is -2.12. The third kappa shape index (κ3) is 5.38. The van der Waals surface area contributed by atoms with Crippen LogP contribution in [-0.4, -0.2) is 33.5 Å². The van der Waals surface area contributed by atoms with Crippen molar-refractivity contribution in [1.29, 1.82) is 0 Å². The van der Waals surface area contributed by atoms with Crippen LogP contribution in [0.1, 0.15) is 27.9 Å². The second-order valence-electron chi connectivity index (χ2n) is 6.54. The molecule has 0 radical (unpaired) electrons. The summed E-state index contributed by atoms with van der Waals surface area (Å²) in [6.07, 6.45) is 0.443. The fourth-order valence-corrected chi connectivity index (χ4v) is 4.21. The van der Waals surface area contributed by atoms with Gasteiger partial charge in [0.2, 0.25) is 10.0 Å². The van der Waals surface area contributed by atoms with E-state index in [9.17, 15) is 22.0 Å². The van der Waals surface area contributed by atoms with Crippen LogP contribution in [0.15, 0.2) is 41.3 Å². The van der Waals surface area contributed by atoms with E-state index in [1.165, 1.54) is 18.2 Å². The van der Waals surface area contributed by atoms with Crippen molar-refractivity contribution < 1.29 is 26.7 Å². The minimum absolute atomic E-state index is 0. The Morgan fingerprint density at radius 3 is 2.61 bits per heavy atom. The van der Waals surface area contributed by atoms with Gasteiger partial charge in [0.1, 0.15) is 11.6 Å². The van der Waals surface area contributed by atoms with Crippen LogP contribution in [0.4, 0.5) is 8.78 Å². The summed E-state index contributed by atoms with van der Waals surface area (Å²) in [5.74, 6) is -1.66. The number of ketones is 1. The van der Waals surface area contributed by atoms with Gasteiger partial charge in [-0.2, -0.15) is 13.5 Å². The Labute approximate surface area is 169 Å². The number of aryl methyl sites for hydroxylation is 1. The molecule has 1 aliphatic heterocycles. The van der Waals surface area contributed by atoms with Gasteiger partial charge in [0, 0.05) is 24.6 Å². The number of ether oxygens (including phenoxy) is 1. The Morgan fingerprint density at radius 2 is 1.96 bits per heavy atom. The average Bonchev–Trinajstić information content (AvgIpc) is 3.10. The summed E-state index contributed by atoms with van der Waals surface area (Å²) >= 11 is 0. The van der Waals surface area contributed by atoms with Crippen molar-refractivity contribution in [3.8, 4) is 0 Å². The molecule has 1 atom stereocenters. The smallest absolute Gasteiger partial charge is 0.241 e. The molecule has 5 nitrogen and oxygen atoms in total. The molecule has 1 N–H and O–H groups in total. The minimum atomic E-state index is -3.98. The molecule has 3 rings (SSSR count). The van der Waals surface area contributed by atoms with Crippen LogP contribution in [0.25, 0.3) is 0 Å². The number of carbonyl (C=O) groups excluding carboxylic acids is 1. The second kappa shape index (κ2) is 9.13. The van der Waals surface area contributed by atoms with E-state index in [1.807, 2.05) is 0 Å². The predicted molar refractivity (Wildman–Crippen MR) is 105 cm³/mol. The second-order valence-corrected chi connectivity index (χ2v) is 8.25. The summed E-state index contributed by atoms with van der Waals surface area (Å²) in [5.41, 5.74) is 0.902. The lowest BCUT2D eigenvalue weighted by atomic mass is 10.0. The number of rotatable bonds is 6. The molecule has 0 saturated carbocycles. The van der Waals surface area contributed by atoms with Crippen LogP contribution in [0.5, 0.6) is 0 Å². The van der Waals surface area contributed by atoms with E-state index in [1.54, 1.807) is 6.92 Å². The molecule has 0 aliphatic carbocycles. The SMILES string of the molecule is Cc1cc(CC(=O)c2cc(F)cc(S(=O)(=O)N[C@H]3CCOC3)c2)ccc1F.S. The molecule has 1 saturated heterocycles. The first-order valence-corrected chi connectivity index (χ1v) is 9.92. The number of Topliss-reactive ketones (excluding diaryl/α,β-unsaturated/α-hetero) is 1. The van der Waals surface area contributed by atoms with Crippen LogP contribution < -0.4 is 4.72 Å². The highest BCUT2D eigenvalue weighted by atomic mass is 32.2. The number of sulfonamides is 1. The molecule has 1 heterocycles. The molecule has 1 fully saturated rings. The number of nitrogens with one attached hydrogen (secondary N) is 1. The summed E-state index contributed by atoms with van der Waals surface area (Å²) in [4.78, 5) is 12.2. The van der Waals surface area contributed by atoms with Gasteiger partial charge in [0.15, 0.2) is 5.78 Å². The topological polar surface area (TPSA) is 72.5 Å². The molecule has 2 aromatic rings. The number of hydrogen-bond donors (Lipinski definition) is 1. The average molecular weight is 430 g/mol. The minimum Gasteiger partial charge on any atom is -0.380 e. The molecule has 9 heteroatoms. The van der Waals surface area contributed by atoms with Gasteiger partial charge in [-0.15, -0.1) is 0 Å². The third-order valence-corrected chi connectivity index (χ3v) is 5.84. The molecule has 0 amide bonds. The van der Waals surface area contributed by atoms with E-state index in [0.717, 1.165) is 18.2 Å². The largest absolute Gasteiger partial charge is 0.380 e. The zero-order valence-electron chi connectivity index (χ0n) is 15.2. The van der Waals surface area contributed by atoms with Gasteiger partial charge in [0.25, 0.3) is 0 Å². The fourth-order valence-electron chi connectivity index (χ4n) is 2.90. The molecular weight excluding hydrogens is 408 g/mol. The number of hydrogen-bond acceptors (Lipinski definition) is 4. The Kier molecular flexibility index (Phi) is 7.33. The van der Waals surface area contributed by atoms with Crippen molar-refractivity contribution in [1.82, 2.24) is 4.72 Å². The maximum atomic E-state index is 14.0. The highest BCUT2D eigenvalue weighted by Crippen LogP contribution is 2.19. The number of carbonyl (C=O) groups is 1. The summed E-state index contributed by atoms with van der Waals surface area (Å²) in [6, 6.07) is 6.91. The highest BCUT2D eigenvalue weighted by molar-refractivity contribution is 7.89. The van der Waals surface area contributed by atoms with Crippen LogP contribution in [0, 0.1) is 18.6 Å². The van der Waals surface area contributed by atoms with E-state index in [0.29, 0.717) is 24.2 Å². The van der Waals surface area contributed by atoms with Crippen LogP contribution in [0.2, 0.25) is 0 Å². The maximum absolute atomic E-state index is 14.0. The van der Waals surface area contributed by atoms with Gasteiger partial charge in [-0.05, 0) is 48.7 Å². The molecule has 0 aromatic heterocycles. The van der Waals surface area contributed by atoms with Gasteiger partial charge < -0.3 is 4.74 Å². The summed E-state index contributed by atoms with van der Waals surface area (Å²) in [5, 5.41) is 0. The van der Waals surface area contributed by atoms with Crippen LogP contribution >= 0.6 is 13.5 Å². The lowest BCUT2D eigenvalue weighted by Crippen LogP contribution is -2.35. The normalized spacial score (nSPS) is 16.6. The predicted octanol–water partition coefficient (Wildman–Crippen LogP) is 2.88. The molecule has 0 unspecified atom stereocenters. The molecule has 28 heavy (non-hydrogen) atoms. The highest BCUT2D eigenvalue weighted by Gasteiger charge is 2.25. The van der Waals surface area contributed by atoms with Gasteiger partial charge in [-0.1, -0.05) is 12.1 Å². The van der Waals surface area contributed by atoms with Crippen molar-refractivity contribution in [2.75, 3.05) is 13.2 Å². The first kappa shape index (κ1) is 22.5. The number of halogens is 2. The van der Waals surface area contributed by atoms with Gasteiger partial charge in [-0.3, -0.25) is 4.79 Å². The van der Waals surface area contributed by atoms with Crippen molar-refractivity contribution >= 4 is 29.3 Å². The van der Waals surface area contributed by atoms with Gasteiger partial charge in [-0.25, -0.2) is 21.9 Å². The standard InChI is InChI=1S/C19H19F2NO4S.H2S/c1-12-6-13(2-3-18(12)21)7-19(23)14-8-15(20)10-17(9-14)27(24,25)22-16-4-5-26-11-16;/h2-3,6,8-10,16,22H,4-5,7,11H2,1H3;1H2/t16-;/m0./s1. The van der Waals surface area contributed by atoms with Crippen molar-refractivity contribution in [3.05, 3.63) is 64.7 Å². The van der Waals surface area contributed by atoms with Gasteiger partial charge in [0.05, 0.1) is 11.5 Å². The first-order valence-electron chi connectivity index (χ1n) is 8.43.